The first-order valence-corrected chi connectivity index (χ1v) is 6.35. The molecule has 0 radical (unpaired) electrons. The summed E-state index contributed by atoms with van der Waals surface area (Å²) < 4.78 is 0. The number of hydrogen-bond donors (Lipinski definition) is 3. The van der Waals surface area contributed by atoms with Gasteiger partial charge in [-0.15, -0.1) is 0 Å². The summed E-state index contributed by atoms with van der Waals surface area (Å²) in [7, 11) is 1.84. The lowest BCUT2D eigenvalue weighted by atomic mass is 10.0. The van der Waals surface area contributed by atoms with Crippen molar-refractivity contribution in [2.45, 2.75) is 32.4 Å². The van der Waals surface area contributed by atoms with E-state index in [1.54, 1.807) is 6.20 Å². The van der Waals surface area contributed by atoms with Gasteiger partial charge < -0.3 is 21.3 Å². The van der Waals surface area contributed by atoms with E-state index < -0.39 is 0 Å². The molecule has 1 fully saturated rings. The third-order valence-corrected chi connectivity index (χ3v) is 3.06. The molecular weight excluding hydrogens is 226 g/mol. The highest BCUT2D eigenvalue weighted by Gasteiger charge is 2.31. The molecule has 100 valence electrons. The molecule has 0 aliphatic carbocycles. The topological polar surface area (TPSA) is 66.2 Å². The van der Waals surface area contributed by atoms with Crippen LogP contribution in [0.4, 0.5) is 17.2 Å². The maximum atomic E-state index is 6.09. The maximum absolute atomic E-state index is 6.09. The lowest BCUT2D eigenvalue weighted by Gasteiger charge is -2.44. The van der Waals surface area contributed by atoms with Crippen molar-refractivity contribution in [2.24, 2.45) is 0 Å². The van der Waals surface area contributed by atoms with E-state index in [2.05, 4.69) is 41.3 Å². The molecule has 2 rings (SSSR count). The number of pyridine rings is 1. The summed E-state index contributed by atoms with van der Waals surface area (Å²) >= 11 is 0. The molecule has 5 nitrogen and oxygen atoms in total. The van der Waals surface area contributed by atoms with Gasteiger partial charge in [0.05, 0.1) is 11.4 Å². The van der Waals surface area contributed by atoms with Gasteiger partial charge in [-0.25, -0.2) is 4.98 Å². The van der Waals surface area contributed by atoms with Crippen LogP contribution < -0.4 is 21.3 Å². The summed E-state index contributed by atoms with van der Waals surface area (Å²) in [6.07, 6.45) is 1.79. The van der Waals surface area contributed by atoms with Gasteiger partial charge in [-0.2, -0.15) is 0 Å². The average Bonchev–Trinajstić information content (AvgIpc) is 2.23. The van der Waals surface area contributed by atoms with Crippen LogP contribution in [0.25, 0.3) is 0 Å². The van der Waals surface area contributed by atoms with Crippen LogP contribution in [0.5, 0.6) is 0 Å². The Morgan fingerprint density at radius 1 is 1.39 bits per heavy atom. The molecule has 18 heavy (non-hydrogen) atoms. The first-order valence-electron chi connectivity index (χ1n) is 6.35. The maximum Gasteiger partial charge on any atom is 0.151 e. The first kappa shape index (κ1) is 13.0. The van der Waals surface area contributed by atoms with Gasteiger partial charge in [-0.3, -0.25) is 0 Å². The summed E-state index contributed by atoms with van der Waals surface area (Å²) in [5, 5.41) is 6.60. The smallest absolute Gasteiger partial charge is 0.151 e. The molecule has 0 atom stereocenters. The van der Waals surface area contributed by atoms with Crippen LogP contribution in [-0.2, 0) is 0 Å². The third-order valence-electron chi connectivity index (χ3n) is 3.06. The van der Waals surface area contributed by atoms with Crippen molar-refractivity contribution in [2.75, 3.05) is 36.1 Å². The molecule has 0 unspecified atom stereocenters. The van der Waals surface area contributed by atoms with Crippen LogP contribution in [-0.4, -0.2) is 36.7 Å². The fourth-order valence-electron chi connectivity index (χ4n) is 2.32. The molecule has 1 aromatic heterocycles. The van der Waals surface area contributed by atoms with Gasteiger partial charge in [0.15, 0.2) is 5.82 Å². The van der Waals surface area contributed by atoms with Crippen molar-refractivity contribution in [3.8, 4) is 0 Å². The molecule has 1 aliphatic heterocycles. The lowest BCUT2D eigenvalue weighted by Crippen LogP contribution is -2.62. The molecule has 0 amide bonds. The molecule has 0 spiro atoms. The Morgan fingerprint density at radius 2 is 2.06 bits per heavy atom. The molecule has 1 aliphatic rings. The molecule has 0 bridgehead atoms. The zero-order valence-electron chi connectivity index (χ0n) is 11.6. The fourth-order valence-corrected chi connectivity index (χ4v) is 2.32. The van der Waals surface area contributed by atoms with Crippen LogP contribution in [0.1, 0.15) is 20.8 Å². The van der Waals surface area contributed by atoms with E-state index in [4.69, 9.17) is 5.73 Å². The van der Waals surface area contributed by atoms with Crippen LogP contribution in [0, 0.1) is 0 Å². The van der Waals surface area contributed by atoms with Gasteiger partial charge in [-0.05, 0) is 26.8 Å². The Morgan fingerprint density at radius 3 is 2.61 bits per heavy atom. The monoisotopic (exact) mass is 249 g/mol. The largest absolute Gasteiger partial charge is 0.394 e. The molecule has 4 N–H and O–H groups in total. The minimum atomic E-state index is 0.163. The highest BCUT2D eigenvalue weighted by atomic mass is 15.3. The normalized spacial score (nSPS) is 16.6. The van der Waals surface area contributed by atoms with E-state index in [0.717, 1.165) is 30.3 Å². The highest BCUT2D eigenvalue weighted by Crippen LogP contribution is 2.31. The van der Waals surface area contributed by atoms with Crippen molar-refractivity contribution in [1.82, 2.24) is 10.3 Å². The van der Waals surface area contributed by atoms with E-state index in [0.29, 0.717) is 6.04 Å². The number of rotatable bonds is 3. The second kappa shape index (κ2) is 4.65. The zero-order chi connectivity index (χ0) is 13.3. The van der Waals surface area contributed by atoms with E-state index in [9.17, 15) is 0 Å². The molecule has 1 aromatic rings. The van der Waals surface area contributed by atoms with E-state index >= 15 is 0 Å². The Labute approximate surface area is 109 Å². The quantitative estimate of drug-likeness (QED) is 0.753. The Kier molecular flexibility index (Phi) is 3.34. The van der Waals surface area contributed by atoms with Crippen LogP contribution in [0.3, 0.4) is 0 Å². The van der Waals surface area contributed by atoms with Crippen molar-refractivity contribution < 1.29 is 0 Å². The van der Waals surface area contributed by atoms with Crippen LogP contribution in [0.2, 0.25) is 0 Å². The van der Waals surface area contributed by atoms with Gasteiger partial charge in [0.1, 0.15) is 0 Å². The summed E-state index contributed by atoms with van der Waals surface area (Å²) in [5.74, 6) is 0.750. The van der Waals surface area contributed by atoms with Crippen molar-refractivity contribution in [3.63, 3.8) is 0 Å². The van der Waals surface area contributed by atoms with Crippen LogP contribution >= 0.6 is 0 Å². The van der Waals surface area contributed by atoms with Gasteiger partial charge in [0.25, 0.3) is 0 Å². The second-order valence-electron chi connectivity index (χ2n) is 5.84. The zero-order valence-corrected chi connectivity index (χ0v) is 11.6. The van der Waals surface area contributed by atoms with E-state index in [-0.39, 0.29) is 5.54 Å². The van der Waals surface area contributed by atoms with E-state index in [1.807, 2.05) is 13.1 Å². The first-order chi connectivity index (χ1) is 8.40. The van der Waals surface area contributed by atoms with Gasteiger partial charge in [0, 0.05) is 37.9 Å². The van der Waals surface area contributed by atoms with Gasteiger partial charge in [0.2, 0.25) is 0 Å². The molecule has 1 saturated heterocycles. The number of hydrogen-bond acceptors (Lipinski definition) is 5. The minimum Gasteiger partial charge on any atom is -0.394 e. The number of aromatic nitrogens is 1. The summed E-state index contributed by atoms with van der Waals surface area (Å²) in [6, 6.07) is 2.51. The summed E-state index contributed by atoms with van der Waals surface area (Å²) in [4.78, 5) is 6.48. The standard InChI is InChI=1S/C13H23N5/c1-13(2,3)17-9-7-18(8-9)10-5-6-16-12(15-4)11(10)14/h5-6,9,17H,7-8,14H2,1-4H3,(H,15,16). The van der Waals surface area contributed by atoms with Gasteiger partial charge >= 0.3 is 0 Å². The Bertz CT molecular complexity index is 418. The van der Waals surface area contributed by atoms with Gasteiger partial charge in [-0.1, -0.05) is 0 Å². The number of nitrogens with two attached hydrogens (primary N) is 1. The number of anilines is 3. The van der Waals surface area contributed by atoms with Crippen LogP contribution in [0.15, 0.2) is 12.3 Å². The molecule has 0 aromatic carbocycles. The number of nitrogens with one attached hydrogen (secondary N) is 2. The molecule has 0 saturated carbocycles. The second-order valence-corrected chi connectivity index (χ2v) is 5.84. The van der Waals surface area contributed by atoms with Crippen molar-refractivity contribution in [1.29, 1.82) is 0 Å². The highest BCUT2D eigenvalue weighted by molar-refractivity contribution is 5.78. The SMILES string of the molecule is CNc1nccc(N2CC(NC(C)(C)C)C2)c1N. The summed E-state index contributed by atoms with van der Waals surface area (Å²) in [5.41, 5.74) is 8.05. The predicted molar refractivity (Wildman–Crippen MR) is 77.1 cm³/mol. The van der Waals surface area contributed by atoms with Crippen molar-refractivity contribution >= 4 is 17.2 Å². The molecule has 5 heteroatoms. The Balaban J connectivity index is 2.00. The third kappa shape index (κ3) is 2.67. The van der Waals surface area contributed by atoms with Crippen molar-refractivity contribution in [3.05, 3.63) is 12.3 Å². The molecule has 2 heterocycles. The summed E-state index contributed by atoms with van der Waals surface area (Å²) in [6.45, 7) is 8.56. The van der Waals surface area contributed by atoms with E-state index in [1.165, 1.54) is 0 Å². The minimum absolute atomic E-state index is 0.163. The number of nitrogens with zero attached hydrogens (tertiary/aromatic N) is 2. The Hall–Kier alpha value is -1.49. The number of nitrogen functional groups attached to an aromatic ring is 1. The predicted octanol–water partition coefficient (Wildman–Crippen LogP) is 1.28. The molecular formula is C13H23N5. The lowest BCUT2D eigenvalue weighted by molar-refractivity contribution is 0.316. The average molecular weight is 249 g/mol. The fraction of sp³-hybridized carbons (Fsp3) is 0.615.